The molecule has 0 radical (unpaired) electrons. The second kappa shape index (κ2) is 8.79. The first-order valence-electron chi connectivity index (χ1n) is 10.1. The van der Waals surface area contributed by atoms with Crippen molar-refractivity contribution in [2.75, 3.05) is 45.9 Å². The largest absolute Gasteiger partial charge is 0.379 e. The molecule has 4 rings (SSSR count). The molecule has 0 aliphatic carbocycles. The molecule has 0 bridgehead atoms. The van der Waals surface area contributed by atoms with Crippen LogP contribution >= 0.6 is 0 Å². The van der Waals surface area contributed by atoms with E-state index in [-0.39, 0.29) is 10.8 Å². The fraction of sp³-hybridized carbons (Fsp3) is 0.476. The van der Waals surface area contributed by atoms with E-state index in [0.29, 0.717) is 39.1 Å². The van der Waals surface area contributed by atoms with Gasteiger partial charge in [-0.15, -0.1) is 0 Å². The Balaban J connectivity index is 1.43. The molecule has 1 N–H and O–H groups in total. The highest BCUT2D eigenvalue weighted by molar-refractivity contribution is 7.89. The second-order valence-electron chi connectivity index (χ2n) is 7.53. The summed E-state index contributed by atoms with van der Waals surface area (Å²) in [6.45, 7) is 4.79. The number of carbonyl (C=O) groups excluding carboxylic acids is 1. The summed E-state index contributed by atoms with van der Waals surface area (Å²) in [6.07, 6.45) is 1.24. The Labute approximate surface area is 171 Å². The third kappa shape index (κ3) is 4.45. The number of amides is 1. The zero-order valence-corrected chi connectivity index (χ0v) is 17.2. The molecular weight excluding hydrogens is 390 g/mol. The van der Waals surface area contributed by atoms with E-state index >= 15 is 0 Å². The maximum atomic E-state index is 13.2. The van der Waals surface area contributed by atoms with E-state index in [1.807, 2.05) is 30.3 Å². The minimum absolute atomic E-state index is 0.208. The van der Waals surface area contributed by atoms with Gasteiger partial charge in [-0.25, -0.2) is 8.42 Å². The minimum atomic E-state index is -3.72. The van der Waals surface area contributed by atoms with Crippen molar-refractivity contribution in [1.82, 2.24) is 14.5 Å². The maximum absolute atomic E-state index is 13.2. The van der Waals surface area contributed by atoms with Crippen molar-refractivity contribution in [3.05, 3.63) is 42.5 Å². The number of ether oxygens (including phenoxy) is 1. The molecule has 7 nitrogen and oxygen atoms in total. The standard InChI is InChI=1S/C21H27N3O4S/c25-21(22-9-11-23-12-14-28-15-13-23)20-6-3-10-24(20)29(26,27)19-8-7-17-4-1-2-5-18(17)16-19/h1-2,4-5,7-8,16,20H,3,6,9-15H2,(H,22,25)/t20-/m0/s1. The Hall–Kier alpha value is -2.00. The molecule has 2 heterocycles. The summed E-state index contributed by atoms with van der Waals surface area (Å²) in [6, 6.07) is 12.2. The summed E-state index contributed by atoms with van der Waals surface area (Å²) < 4.78 is 33.2. The van der Waals surface area contributed by atoms with Crippen LogP contribution in [0.25, 0.3) is 10.8 Å². The van der Waals surface area contributed by atoms with E-state index in [4.69, 9.17) is 4.74 Å². The fourth-order valence-electron chi connectivity index (χ4n) is 4.03. The van der Waals surface area contributed by atoms with Crippen LogP contribution in [0.5, 0.6) is 0 Å². The fourth-order valence-corrected chi connectivity index (χ4v) is 5.73. The second-order valence-corrected chi connectivity index (χ2v) is 9.42. The van der Waals surface area contributed by atoms with Crippen molar-refractivity contribution in [2.45, 2.75) is 23.8 Å². The van der Waals surface area contributed by atoms with Crippen LogP contribution in [-0.2, 0) is 19.6 Å². The molecule has 2 fully saturated rings. The van der Waals surface area contributed by atoms with Gasteiger partial charge in [0.2, 0.25) is 15.9 Å². The third-order valence-corrected chi connectivity index (χ3v) is 7.57. The maximum Gasteiger partial charge on any atom is 0.243 e. The molecule has 2 aromatic rings. The lowest BCUT2D eigenvalue weighted by atomic mass is 10.1. The Morgan fingerprint density at radius 2 is 1.83 bits per heavy atom. The average Bonchev–Trinajstić information content (AvgIpc) is 3.25. The molecule has 1 atom stereocenters. The zero-order valence-electron chi connectivity index (χ0n) is 16.4. The van der Waals surface area contributed by atoms with Crippen LogP contribution in [-0.4, -0.2) is 75.5 Å². The Kier molecular flexibility index (Phi) is 6.15. The smallest absolute Gasteiger partial charge is 0.243 e. The van der Waals surface area contributed by atoms with Crippen LogP contribution in [0.1, 0.15) is 12.8 Å². The summed E-state index contributed by atoms with van der Waals surface area (Å²) in [4.78, 5) is 15.2. The molecule has 2 aromatic carbocycles. The van der Waals surface area contributed by atoms with Crippen molar-refractivity contribution in [3.8, 4) is 0 Å². The lowest BCUT2D eigenvalue weighted by molar-refractivity contribution is -0.124. The summed E-state index contributed by atoms with van der Waals surface area (Å²) >= 11 is 0. The van der Waals surface area contributed by atoms with Gasteiger partial charge in [-0.2, -0.15) is 4.31 Å². The number of sulfonamides is 1. The van der Waals surface area contributed by atoms with Crippen molar-refractivity contribution >= 4 is 26.7 Å². The molecule has 29 heavy (non-hydrogen) atoms. The molecule has 0 saturated carbocycles. The highest BCUT2D eigenvalue weighted by Gasteiger charge is 2.39. The monoisotopic (exact) mass is 417 g/mol. The molecule has 8 heteroatoms. The number of nitrogens with one attached hydrogen (secondary N) is 1. The molecule has 0 unspecified atom stereocenters. The molecule has 0 aromatic heterocycles. The van der Waals surface area contributed by atoms with Gasteiger partial charge in [-0.05, 0) is 35.7 Å². The van der Waals surface area contributed by atoms with Crippen molar-refractivity contribution in [2.24, 2.45) is 0 Å². The third-order valence-electron chi connectivity index (χ3n) is 5.66. The normalized spacial score (nSPS) is 21.4. The van der Waals surface area contributed by atoms with Crippen LogP contribution < -0.4 is 5.32 Å². The average molecular weight is 418 g/mol. The lowest BCUT2D eigenvalue weighted by Gasteiger charge is -2.27. The summed E-state index contributed by atoms with van der Waals surface area (Å²) in [5.41, 5.74) is 0. The van der Waals surface area contributed by atoms with Crippen molar-refractivity contribution in [3.63, 3.8) is 0 Å². The summed E-state index contributed by atoms with van der Waals surface area (Å²) in [7, 11) is -3.72. The van der Waals surface area contributed by atoms with Crippen LogP contribution in [0.4, 0.5) is 0 Å². The predicted octanol–water partition coefficient (Wildman–Crippen LogP) is 1.44. The van der Waals surface area contributed by atoms with E-state index in [9.17, 15) is 13.2 Å². The first-order valence-corrected chi connectivity index (χ1v) is 11.6. The molecule has 2 saturated heterocycles. The quantitative estimate of drug-likeness (QED) is 0.770. The topological polar surface area (TPSA) is 79.0 Å². The summed E-state index contributed by atoms with van der Waals surface area (Å²) in [5.74, 6) is -0.208. The van der Waals surface area contributed by atoms with Gasteiger partial charge in [-0.3, -0.25) is 9.69 Å². The van der Waals surface area contributed by atoms with E-state index in [2.05, 4.69) is 10.2 Å². The van der Waals surface area contributed by atoms with Gasteiger partial charge in [0.15, 0.2) is 0 Å². The van der Waals surface area contributed by atoms with Gasteiger partial charge < -0.3 is 10.1 Å². The van der Waals surface area contributed by atoms with Crippen molar-refractivity contribution < 1.29 is 17.9 Å². The molecule has 2 aliphatic rings. The van der Waals surface area contributed by atoms with E-state index in [1.165, 1.54) is 4.31 Å². The number of fused-ring (bicyclic) bond motifs is 1. The van der Waals surface area contributed by atoms with E-state index < -0.39 is 16.1 Å². The predicted molar refractivity (Wildman–Crippen MR) is 111 cm³/mol. The number of hydrogen-bond donors (Lipinski definition) is 1. The number of nitrogens with zero attached hydrogens (tertiary/aromatic N) is 2. The Morgan fingerprint density at radius 3 is 2.62 bits per heavy atom. The number of benzene rings is 2. The van der Waals surface area contributed by atoms with Crippen LogP contribution in [0.2, 0.25) is 0 Å². The molecule has 156 valence electrons. The number of morpholine rings is 1. The Morgan fingerprint density at radius 1 is 1.07 bits per heavy atom. The number of carbonyl (C=O) groups is 1. The minimum Gasteiger partial charge on any atom is -0.379 e. The van der Waals surface area contributed by atoms with Crippen LogP contribution in [0, 0.1) is 0 Å². The van der Waals surface area contributed by atoms with Gasteiger partial charge in [0.05, 0.1) is 18.1 Å². The molecular formula is C21H27N3O4S. The SMILES string of the molecule is O=C(NCCN1CCOCC1)[C@@H]1CCCN1S(=O)(=O)c1ccc2ccccc2c1. The van der Waals surface area contributed by atoms with Gasteiger partial charge >= 0.3 is 0 Å². The first-order chi connectivity index (χ1) is 14.1. The molecule has 1 amide bonds. The van der Waals surface area contributed by atoms with Gasteiger partial charge in [0, 0.05) is 32.7 Å². The lowest BCUT2D eigenvalue weighted by Crippen LogP contribution is -2.48. The van der Waals surface area contributed by atoms with Gasteiger partial charge in [-0.1, -0.05) is 30.3 Å². The first kappa shape index (κ1) is 20.3. The Bertz CT molecular complexity index is 973. The zero-order chi connectivity index (χ0) is 20.3. The van der Waals surface area contributed by atoms with Crippen LogP contribution in [0.15, 0.2) is 47.4 Å². The number of rotatable bonds is 6. The summed E-state index contributed by atoms with van der Waals surface area (Å²) in [5, 5.41) is 4.79. The molecule has 0 spiro atoms. The van der Waals surface area contributed by atoms with Gasteiger partial charge in [0.1, 0.15) is 6.04 Å². The highest BCUT2D eigenvalue weighted by Crippen LogP contribution is 2.28. The van der Waals surface area contributed by atoms with Gasteiger partial charge in [0.25, 0.3) is 0 Å². The molecule has 2 aliphatic heterocycles. The van der Waals surface area contributed by atoms with E-state index in [1.54, 1.807) is 12.1 Å². The number of hydrogen-bond acceptors (Lipinski definition) is 5. The highest BCUT2D eigenvalue weighted by atomic mass is 32.2. The van der Waals surface area contributed by atoms with E-state index in [0.717, 1.165) is 30.4 Å². The van der Waals surface area contributed by atoms with Crippen molar-refractivity contribution in [1.29, 1.82) is 0 Å². The van der Waals surface area contributed by atoms with Crippen LogP contribution in [0.3, 0.4) is 0 Å².